The van der Waals surface area contributed by atoms with Crippen molar-refractivity contribution in [3.63, 3.8) is 0 Å². The Morgan fingerprint density at radius 3 is 2.33 bits per heavy atom. The number of pyridine rings is 1. The first-order chi connectivity index (χ1) is 8.18. The summed E-state index contributed by atoms with van der Waals surface area (Å²) in [6.45, 7) is 0. The first-order valence-corrected chi connectivity index (χ1v) is 4.32. The Kier molecular flexibility index (Phi) is 3.82. The molecular formula is C9H5F6NO2. The van der Waals surface area contributed by atoms with Crippen LogP contribution in [0.2, 0.25) is 0 Å². The van der Waals surface area contributed by atoms with Crippen LogP contribution < -0.4 is 0 Å². The fourth-order valence-electron chi connectivity index (χ4n) is 1.23. The largest absolute Gasteiger partial charge is 0.465 e. The van der Waals surface area contributed by atoms with E-state index in [0.717, 1.165) is 0 Å². The van der Waals surface area contributed by atoms with Crippen molar-refractivity contribution < 1.29 is 35.9 Å². The summed E-state index contributed by atoms with van der Waals surface area (Å²) in [6.07, 6.45) is -8.73. The van der Waals surface area contributed by atoms with Crippen molar-refractivity contribution in [2.75, 3.05) is 7.11 Å². The van der Waals surface area contributed by atoms with E-state index in [1.807, 2.05) is 0 Å². The van der Waals surface area contributed by atoms with Crippen molar-refractivity contribution in [2.45, 2.75) is 12.6 Å². The maximum Gasteiger partial charge on any atom is 0.434 e. The highest BCUT2D eigenvalue weighted by atomic mass is 19.4. The summed E-state index contributed by atoms with van der Waals surface area (Å²) in [6, 6.07) is 0.0617. The van der Waals surface area contributed by atoms with Crippen LogP contribution in [0.1, 0.15) is 28.0 Å². The lowest BCUT2D eigenvalue weighted by molar-refractivity contribution is -0.142. The lowest BCUT2D eigenvalue weighted by atomic mass is 10.1. The van der Waals surface area contributed by atoms with Crippen LogP contribution in [0.25, 0.3) is 0 Å². The van der Waals surface area contributed by atoms with Gasteiger partial charge >= 0.3 is 12.1 Å². The third-order valence-corrected chi connectivity index (χ3v) is 1.91. The number of hydrogen-bond acceptors (Lipinski definition) is 3. The number of rotatable bonds is 2. The summed E-state index contributed by atoms with van der Waals surface area (Å²) >= 11 is 0. The summed E-state index contributed by atoms with van der Waals surface area (Å²) in [5.74, 6) is -3.42. The summed E-state index contributed by atoms with van der Waals surface area (Å²) in [7, 11) is 0.709. The molecule has 9 heteroatoms. The molecule has 0 saturated carbocycles. The Bertz CT molecular complexity index is 471. The molecule has 0 aliphatic heterocycles. The van der Waals surface area contributed by atoms with Gasteiger partial charge in [-0.15, -0.1) is 0 Å². The molecule has 0 saturated heterocycles. The molecule has 0 aliphatic carbocycles. The van der Waals surface area contributed by atoms with Gasteiger partial charge in [0.25, 0.3) is 6.43 Å². The highest BCUT2D eigenvalue weighted by molar-refractivity contribution is 5.92. The minimum absolute atomic E-state index is 0.0617. The highest BCUT2D eigenvalue weighted by Gasteiger charge is 2.41. The van der Waals surface area contributed by atoms with Crippen LogP contribution in [-0.4, -0.2) is 18.1 Å². The van der Waals surface area contributed by atoms with Gasteiger partial charge in [0.15, 0.2) is 5.69 Å². The van der Waals surface area contributed by atoms with E-state index in [0.29, 0.717) is 7.11 Å². The van der Waals surface area contributed by atoms with Crippen LogP contribution >= 0.6 is 0 Å². The quantitative estimate of drug-likeness (QED) is 0.472. The molecule has 1 heterocycles. The Labute approximate surface area is 96.4 Å². The Morgan fingerprint density at radius 2 is 1.94 bits per heavy atom. The maximum absolute atomic E-state index is 12.8. The van der Waals surface area contributed by atoms with Gasteiger partial charge in [-0.1, -0.05) is 0 Å². The van der Waals surface area contributed by atoms with Gasteiger partial charge in [0, 0.05) is 11.6 Å². The average Bonchev–Trinajstić information content (AvgIpc) is 2.25. The second-order valence-electron chi connectivity index (χ2n) is 3.05. The summed E-state index contributed by atoms with van der Waals surface area (Å²) in [4.78, 5) is 13.5. The van der Waals surface area contributed by atoms with Gasteiger partial charge in [0.1, 0.15) is 0 Å². The molecule has 0 N–H and O–H groups in total. The minimum atomic E-state index is -5.25. The van der Waals surface area contributed by atoms with E-state index in [4.69, 9.17) is 0 Å². The molecule has 100 valence electrons. The fourth-order valence-corrected chi connectivity index (χ4v) is 1.23. The molecule has 0 aromatic carbocycles. The fraction of sp³-hybridized carbons (Fsp3) is 0.333. The molecule has 0 radical (unpaired) electrons. The molecule has 0 aliphatic rings. The zero-order chi connectivity index (χ0) is 14.1. The van der Waals surface area contributed by atoms with Crippen molar-refractivity contribution in [3.05, 3.63) is 28.8 Å². The van der Waals surface area contributed by atoms with E-state index in [-0.39, 0.29) is 6.07 Å². The van der Waals surface area contributed by atoms with E-state index in [1.165, 1.54) is 0 Å². The molecule has 3 nitrogen and oxygen atoms in total. The number of esters is 1. The van der Waals surface area contributed by atoms with Crippen LogP contribution in [-0.2, 0) is 10.9 Å². The zero-order valence-electron chi connectivity index (χ0n) is 8.69. The van der Waals surface area contributed by atoms with Crippen LogP contribution in [0.5, 0.6) is 0 Å². The van der Waals surface area contributed by atoms with E-state index < -0.39 is 41.3 Å². The second kappa shape index (κ2) is 4.83. The van der Waals surface area contributed by atoms with Crippen LogP contribution in [0, 0.1) is 5.95 Å². The lowest BCUT2D eigenvalue weighted by Gasteiger charge is -2.14. The number of alkyl halides is 5. The van der Waals surface area contributed by atoms with Gasteiger partial charge in [-0.2, -0.15) is 17.6 Å². The number of nitrogens with zero attached hydrogens (tertiary/aromatic N) is 1. The molecule has 0 unspecified atom stereocenters. The summed E-state index contributed by atoms with van der Waals surface area (Å²) in [5, 5.41) is 0. The maximum atomic E-state index is 12.8. The first kappa shape index (κ1) is 14.3. The SMILES string of the molecule is COC(=O)c1c(C(F)F)cc(F)nc1C(F)(F)F. The van der Waals surface area contributed by atoms with Gasteiger partial charge < -0.3 is 4.74 Å². The number of hydrogen-bond donors (Lipinski definition) is 0. The Morgan fingerprint density at radius 1 is 1.39 bits per heavy atom. The molecule has 0 fully saturated rings. The standard InChI is InChI=1S/C9H5F6NO2/c1-18-8(17)5-3(7(11)12)2-4(10)16-6(5)9(13,14)15/h2,7H,1H3. The van der Waals surface area contributed by atoms with Crippen molar-refractivity contribution in [3.8, 4) is 0 Å². The van der Waals surface area contributed by atoms with E-state index in [2.05, 4.69) is 9.72 Å². The third-order valence-electron chi connectivity index (χ3n) is 1.91. The molecule has 0 spiro atoms. The van der Waals surface area contributed by atoms with Crippen LogP contribution in [0.4, 0.5) is 26.3 Å². The van der Waals surface area contributed by atoms with Gasteiger partial charge in [0.2, 0.25) is 5.95 Å². The number of ether oxygens (including phenoxy) is 1. The molecule has 0 bridgehead atoms. The van der Waals surface area contributed by atoms with Crippen LogP contribution in [0.15, 0.2) is 6.07 Å². The second-order valence-corrected chi connectivity index (χ2v) is 3.05. The summed E-state index contributed by atoms with van der Waals surface area (Å²) < 4.78 is 79.2. The zero-order valence-corrected chi connectivity index (χ0v) is 8.69. The van der Waals surface area contributed by atoms with Gasteiger partial charge in [-0.25, -0.2) is 18.6 Å². The molecule has 18 heavy (non-hydrogen) atoms. The molecule has 1 aromatic heterocycles. The molecule has 1 rings (SSSR count). The average molecular weight is 273 g/mol. The molecular weight excluding hydrogens is 268 g/mol. The predicted molar refractivity (Wildman–Crippen MR) is 45.5 cm³/mol. The van der Waals surface area contributed by atoms with E-state index in [9.17, 15) is 31.1 Å². The number of methoxy groups -OCH3 is 1. The minimum Gasteiger partial charge on any atom is -0.465 e. The van der Waals surface area contributed by atoms with Crippen molar-refractivity contribution >= 4 is 5.97 Å². The molecule has 0 atom stereocenters. The normalized spacial score (nSPS) is 11.8. The Hall–Kier alpha value is -1.80. The van der Waals surface area contributed by atoms with Gasteiger partial charge in [-0.05, 0) is 0 Å². The number of carbonyl (C=O) groups excluding carboxylic acids is 1. The van der Waals surface area contributed by atoms with Crippen LogP contribution in [0.3, 0.4) is 0 Å². The Balaban J connectivity index is 3.64. The van der Waals surface area contributed by atoms with E-state index >= 15 is 0 Å². The number of halogens is 6. The number of carbonyl (C=O) groups is 1. The van der Waals surface area contributed by atoms with Gasteiger partial charge in [0.05, 0.1) is 12.7 Å². The third kappa shape index (κ3) is 2.71. The summed E-state index contributed by atoms with van der Waals surface area (Å²) in [5.41, 5.74) is -4.94. The smallest absolute Gasteiger partial charge is 0.434 e. The molecule has 0 amide bonds. The van der Waals surface area contributed by atoms with Gasteiger partial charge in [-0.3, -0.25) is 0 Å². The monoisotopic (exact) mass is 273 g/mol. The predicted octanol–water partition coefficient (Wildman–Crippen LogP) is 2.96. The van der Waals surface area contributed by atoms with Crippen molar-refractivity contribution in [1.29, 1.82) is 0 Å². The highest BCUT2D eigenvalue weighted by Crippen LogP contribution is 2.35. The van der Waals surface area contributed by atoms with E-state index in [1.54, 1.807) is 0 Å². The first-order valence-electron chi connectivity index (χ1n) is 4.32. The molecule has 1 aromatic rings. The van der Waals surface area contributed by atoms with Crippen molar-refractivity contribution in [1.82, 2.24) is 4.98 Å². The lowest BCUT2D eigenvalue weighted by Crippen LogP contribution is -2.20. The van der Waals surface area contributed by atoms with Crippen molar-refractivity contribution in [2.24, 2.45) is 0 Å². The number of aromatic nitrogens is 1. The topological polar surface area (TPSA) is 39.2 Å².